The molecule has 0 saturated carbocycles. The third kappa shape index (κ3) is 6.45. The summed E-state index contributed by atoms with van der Waals surface area (Å²) in [5.41, 5.74) is 1.15. The van der Waals surface area contributed by atoms with Gasteiger partial charge in [-0.05, 0) is 49.4 Å². The standard InChI is InChI=1S/C16H25Cl2NO/c1-4-7-19-15(8-12(2)11-20-3)9-13-5-6-14(17)10-16(13)18/h5-6,10,12,15,19H,4,7-9,11H2,1-3H3. The van der Waals surface area contributed by atoms with Crippen molar-refractivity contribution in [2.75, 3.05) is 20.3 Å². The largest absolute Gasteiger partial charge is 0.384 e. The van der Waals surface area contributed by atoms with Crippen molar-refractivity contribution in [3.05, 3.63) is 33.8 Å². The highest BCUT2D eigenvalue weighted by Gasteiger charge is 2.15. The number of rotatable bonds is 9. The lowest BCUT2D eigenvalue weighted by molar-refractivity contribution is 0.149. The lowest BCUT2D eigenvalue weighted by atomic mass is 9.96. The number of halogens is 2. The van der Waals surface area contributed by atoms with E-state index in [4.69, 9.17) is 27.9 Å². The van der Waals surface area contributed by atoms with Crippen molar-refractivity contribution in [1.82, 2.24) is 5.32 Å². The van der Waals surface area contributed by atoms with Crippen LogP contribution in [0.25, 0.3) is 0 Å². The van der Waals surface area contributed by atoms with Gasteiger partial charge in [-0.3, -0.25) is 0 Å². The Morgan fingerprint density at radius 2 is 2.05 bits per heavy atom. The van der Waals surface area contributed by atoms with Crippen LogP contribution >= 0.6 is 23.2 Å². The van der Waals surface area contributed by atoms with E-state index < -0.39 is 0 Å². The molecule has 2 atom stereocenters. The average molecular weight is 318 g/mol. The maximum Gasteiger partial charge on any atom is 0.0488 e. The highest BCUT2D eigenvalue weighted by Crippen LogP contribution is 2.23. The van der Waals surface area contributed by atoms with Crippen molar-refractivity contribution < 1.29 is 4.74 Å². The maximum absolute atomic E-state index is 6.27. The number of nitrogens with one attached hydrogen (secondary N) is 1. The lowest BCUT2D eigenvalue weighted by Crippen LogP contribution is -2.34. The molecule has 0 spiro atoms. The van der Waals surface area contributed by atoms with E-state index in [1.54, 1.807) is 7.11 Å². The fraction of sp³-hybridized carbons (Fsp3) is 0.625. The Bertz CT molecular complexity index is 398. The van der Waals surface area contributed by atoms with E-state index in [9.17, 15) is 0 Å². The van der Waals surface area contributed by atoms with Crippen LogP contribution in [0.1, 0.15) is 32.3 Å². The molecule has 0 heterocycles. The second-order valence-corrected chi connectivity index (χ2v) is 6.23. The summed E-state index contributed by atoms with van der Waals surface area (Å²) in [6, 6.07) is 6.15. The summed E-state index contributed by atoms with van der Waals surface area (Å²) >= 11 is 12.2. The zero-order valence-corrected chi connectivity index (χ0v) is 14.1. The molecular formula is C16H25Cl2NO. The van der Waals surface area contributed by atoms with Gasteiger partial charge in [0.1, 0.15) is 0 Å². The van der Waals surface area contributed by atoms with E-state index >= 15 is 0 Å². The second-order valence-electron chi connectivity index (χ2n) is 5.39. The smallest absolute Gasteiger partial charge is 0.0488 e. The van der Waals surface area contributed by atoms with Gasteiger partial charge in [-0.25, -0.2) is 0 Å². The van der Waals surface area contributed by atoms with E-state index in [-0.39, 0.29) is 0 Å². The summed E-state index contributed by atoms with van der Waals surface area (Å²) in [5, 5.41) is 5.04. The molecule has 1 rings (SSSR count). The van der Waals surface area contributed by atoms with Crippen LogP contribution in [0.15, 0.2) is 18.2 Å². The normalized spacial score (nSPS) is 14.2. The van der Waals surface area contributed by atoms with Crippen molar-refractivity contribution in [3.8, 4) is 0 Å². The molecule has 20 heavy (non-hydrogen) atoms. The van der Waals surface area contributed by atoms with Gasteiger partial charge < -0.3 is 10.1 Å². The van der Waals surface area contributed by atoms with Crippen molar-refractivity contribution in [2.24, 2.45) is 5.92 Å². The number of methoxy groups -OCH3 is 1. The predicted molar refractivity (Wildman–Crippen MR) is 87.9 cm³/mol. The molecule has 0 aromatic heterocycles. The van der Waals surface area contributed by atoms with Gasteiger partial charge in [0, 0.05) is 29.8 Å². The maximum atomic E-state index is 6.27. The molecule has 1 aromatic carbocycles. The van der Waals surface area contributed by atoms with E-state index in [1.165, 1.54) is 0 Å². The fourth-order valence-corrected chi connectivity index (χ4v) is 2.86. The fourth-order valence-electron chi connectivity index (χ4n) is 2.38. The van der Waals surface area contributed by atoms with Gasteiger partial charge in [-0.2, -0.15) is 0 Å². The number of hydrogen-bond donors (Lipinski definition) is 1. The summed E-state index contributed by atoms with van der Waals surface area (Å²) in [6.07, 6.45) is 3.13. The summed E-state index contributed by atoms with van der Waals surface area (Å²) < 4.78 is 5.23. The predicted octanol–water partition coefficient (Wildman–Crippen LogP) is 4.58. The minimum Gasteiger partial charge on any atom is -0.384 e. The van der Waals surface area contributed by atoms with E-state index in [0.717, 1.165) is 43.0 Å². The van der Waals surface area contributed by atoms with Crippen LogP contribution in [0.2, 0.25) is 10.0 Å². The zero-order valence-electron chi connectivity index (χ0n) is 12.6. The van der Waals surface area contributed by atoms with Crippen LogP contribution < -0.4 is 5.32 Å². The molecule has 0 aliphatic rings. The molecule has 0 radical (unpaired) electrons. The lowest BCUT2D eigenvalue weighted by Gasteiger charge is -2.22. The van der Waals surface area contributed by atoms with E-state index in [0.29, 0.717) is 17.0 Å². The SMILES string of the molecule is CCCNC(Cc1ccc(Cl)cc1Cl)CC(C)COC. The summed E-state index contributed by atoms with van der Waals surface area (Å²) in [5.74, 6) is 0.528. The Morgan fingerprint density at radius 1 is 1.30 bits per heavy atom. The van der Waals surface area contributed by atoms with Crippen LogP contribution in [-0.2, 0) is 11.2 Å². The third-order valence-electron chi connectivity index (χ3n) is 3.30. The molecule has 0 aliphatic carbocycles. The Balaban J connectivity index is 2.67. The van der Waals surface area contributed by atoms with Gasteiger partial charge in [-0.1, -0.05) is 43.1 Å². The summed E-state index contributed by atoms with van der Waals surface area (Å²) in [6.45, 7) is 6.21. The quantitative estimate of drug-likeness (QED) is 0.720. The van der Waals surface area contributed by atoms with Crippen LogP contribution in [0.4, 0.5) is 0 Å². The first-order chi connectivity index (χ1) is 9.56. The molecule has 0 fully saturated rings. The van der Waals surface area contributed by atoms with Gasteiger partial charge in [0.2, 0.25) is 0 Å². The first-order valence-electron chi connectivity index (χ1n) is 7.23. The molecule has 114 valence electrons. The Labute approximate surface area is 132 Å². The molecule has 0 aliphatic heterocycles. The first-order valence-corrected chi connectivity index (χ1v) is 7.98. The minimum atomic E-state index is 0.416. The zero-order chi connectivity index (χ0) is 15.0. The molecule has 1 aromatic rings. The molecule has 2 nitrogen and oxygen atoms in total. The molecule has 0 saturated heterocycles. The number of hydrogen-bond acceptors (Lipinski definition) is 2. The Kier molecular flexibility index (Phi) is 8.55. The molecule has 0 amide bonds. The monoisotopic (exact) mass is 317 g/mol. The Hall–Kier alpha value is -0.280. The number of benzene rings is 1. The minimum absolute atomic E-state index is 0.416. The number of ether oxygens (including phenoxy) is 1. The molecule has 4 heteroatoms. The van der Waals surface area contributed by atoms with E-state index in [2.05, 4.69) is 19.2 Å². The highest BCUT2D eigenvalue weighted by molar-refractivity contribution is 6.35. The van der Waals surface area contributed by atoms with Crippen molar-refractivity contribution in [3.63, 3.8) is 0 Å². The first kappa shape index (κ1) is 17.8. The van der Waals surface area contributed by atoms with E-state index in [1.807, 2.05) is 18.2 Å². The summed E-state index contributed by atoms with van der Waals surface area (Å²) in [7, 11) is 1.75. The highest BCUT2D eigenvalue weighted by atomic mass is 35.5. The topological polar surface area (TPSA) is 21.3 Å². The van der Waals surface area contributed by atoms with Crippen LogP contribution in [0.3, 0.4) is 0 Å². The van der Waals surface area contributed by atoms with Gasteiger partial charge in [0.15, 0.2) is 0 Å². The van der Waals surface area contributed by atoms with Gasteiger partial charge in [-0.15, -0.1) is 0 Å². The van der Waals surface area contributed by atoms with Crippen molar-refractivity contribution in [1.29, 1.82) is 0 Å². The molecule has 0 bridgehead atoms. The average Bonchev–Trinajstić information content (AvgIpc) is 2.39. The van der Waals surface area contributed by atoms with Crippen molar-refractivity contribution >= 4 is 23.2 Å². The van der Waals surface area contributed by atoms with Crippen LogP contribution in [0.5, 0.6) is 0 Å². The Morgan fingerprint density at radius 3 is 2.65 bits per heavy atom. The second kappa shape index (κ2) is 9.62. The molecule has 1 N–H and O–H groups in total. The molecule has 2 unspecified atom stereocenters. The third-order valence-corrected chi connectivity index (χ3v) is 3.89. The molecular weight excluding hydrogens is 293 g/mol. The van der Waals surface area contributed by atoms with Crippen LogP contribution in [0, 0.1) is 5.92 Å². The van der Waals surface area contributed by atoms with Gasteiger partial charge in [0.25, 0.3) is 0 Å². The summed E-state index contributed by atoms with van der Waals surface area (Å²) in [4.78, 5) is 0. The van der Waals surface area contributed by atoms with Crippen molar-refractivity contribution in [2.45, 2.75) is 39.2 Å². The van der Waals surface area contributed by atoms with Gasteiger partial charge >= 0.3 is 0 Å². The van der Waals surface area contributed by atoms with Crippen LogP contribution in [-0.4, -0.2) is 26.3 Å². The van der Waals surface area contributed by atoms with Gasteiger partial charge in [0.05, 0.1) is 0 Å².